The summed E-state index contributed by atoms with van der Waals surface area (Å²) in [6.07, 6.45) is 3.13. The molecule has 1 amide bonds. The molecular weight excluding hydrogens is 537 g/mol. The highest BCUT2D eigenvalue weighted by Crippen LogP contribution is 2.45. The number of hydrogen-bond acceptors (Lipinski definition) is 9. The third kappa shape index (κ3) is 4.89. The second kappa shape index (κ2) is 10.5. The average molecular weight is 566 g/mol. The van der Waals surface area contributed by atoms with Crippen molar-refractivity contribution in [3.63, 3.8) is 0 Å². The molecule has 0 spiro atoms. The van der Waals surface area contributed by atoms with Crippen LogP contribution in [0.5, 0.6) is 0 Å². The predicted molar refractivity (Wildman–Crippen MR) is 154 cm³/mol. The van der Waals surface area contributed by atoms with E-state index in [9.17, 15) is 10.1 Å². The van der Waals surface area contributed by atoms with Crippen LogP contribution in [0.15, 0.2) is 28.1 Å². The molecule has 0 bridgehead atoms. The van der Waals surface area contributed by atoms with E-state index in [-0.39, 0.29) is 0 Å². The summed E-state index contributed by atoms with van der Waals surface area (Å²) < 4.78 is 11.4. The number of allylic oxidation sites excluding steroid dienone is 1. The van der Waals surface area contributed by atoms with Gasteiger partial charge in [-0.2, -0.15) is 5.26 Å². The molecule has 11 heteroatoms. The van der Waals surface area contributed by atoms with E-state index in [1.807, 2.05) is 19.3 Å². The number of rotatable bonds is 4. The first-order valence-corrected chi connectivity index (χ1v) is 14.7. The minimum atomic E-state index is -0.656. The van der Waals surface area contributed by atoms with Crippen LogP contribution >= 0.6 is 32.8 Å². The number of amides is 1. The Labute approximate surface area is 232 Å². The van der Waals surface area contributed by atoms with Gasteiger partial charge in [0.1, 0.15) is 11.7 Å². The van der Waals surface area contributed by atoms with Crippen molar-refractivity contribution >= 4 is 60.6 Å². The predicted octanol–water partition coefficient (Wildman–Crippen LogP) is 5.51. The van der Waals surface area contributed by atoms with Crippen LogP contribution in [0.4, 0.5) is 4.79 Å². The molecule has 1 atom stereocenters. The van der Waals surface area contributed by atoms with Crippen LogP contribution in [0, 0.1) is 18.3 Å². The fourth-order valence-electron chi connectivity index (χ4n) is 4.65. The number of carbonyl (C=O) groups is 1. The first-order valence-electron chi connectivity index (χ1n) is 12.2. The van der Waals surface area contributed by atoms with Crippen molar-refractivity contribution in [2.24, 2.45) is 0 Å². The van der Waals surface area contributed by atoms with Crippen LogP contribution in [-0.2, 0) is 22.7 Å². The minimum Gasteiger partial charge on any atom is -0.444 e. The molecule has 0 aliphatic carbocycles. The minimum absolute atomic E-state index is 0.387. The summed E-state index contributed by atoms with van der Waals surface area (Å²) in [4.78, 5) is 27.9. The molecule has 38 heavy (non-hydrogen) atoms. The molecular formula is C27H28N5O3PS2. The number of nitrogens with one attached hydrogen (secondary N) is 1. The fraction of sp³-hybridized carbons (Fsp3) is 0.370. The SMILES string of the molecule is CCSc1ncc2c3c(c(-c4ncc(C)c5c4C(C#N)=C(NC(=O)OC(C)(C)C)CS5)c(P)c2n1)COC3. The zero-order chi connectivity index (χ0) is 27.2. The van der Waals surface area contributed by atoms with Gasteiger partial charge >= 0.3 is 6.09 Å². The number of ether oxygens (including phenoxy) is 2. The van der Waals surface area contributed by atoms with Crippen LogP contribution in [0.2, 0.25) is 0 Å². The lowest BCUT2D eigenvalue weighted by Gasteiger charge is -2.26. The van der Waals surface area contributed by atoms with Crippen LogP contribution < -0.4 is 10.6 Å². The highest BCUT2D eigenvalue weighted by atomic mass is 32.2. The molecule has 4 heterocycles. The monoisotopic (exact) mass is 565 g/mol. The van der Waals surface area contributed by atoms with Gasteiger partial charge in [0.15, 0.2) is 5.16 Å². The Kier molecular flexibility index (Phi) is 7.40. The summed E-state index contributed by atoms with van der Waals surface area (Å²) in [5.41, 5.74) is 6.39. The number of carbonyl (C=O) groups excluding carboxylic acids is 1. The topological polar surface area (TPSA) is 110 Å². The lowest BCUT2D eigenvalue weighted by atomic mass is 9.91. The molecule has 2 aliphatic heterocycles. The van der Waals surface area contributed by atoms with E-state index in [0.29, 0.717) is 46.7 Å². The van der Waals surface area contributed by atoms with E-state index in [4.69, 9.17) is 19.4 Å². The number of nitriles is 1. The maximum Gasteiger partial charge on any atom is 0.411 e. The molecule has 5 rings (SSSR count). The summed E-state index contributed by atoms with van der Waals surface area (Å²) in [6.45, 7) is 10.4. The lowest BCUT2D eigenvalue weighted by molar-refractivity contribution is 0.0547. The molecule has 2 aliphatic rings. The quantitative estimate of drug-likeness (QED) is 0.249. The van der Waals surface area contributed by atoms with Crippen LogP contribution in [0.3, 0.4) is 0 Å². The first kappa shape index (κ1) is 26.9. The second-order valence-electron chi connectivity index (χ2n) is 9.96. The standard InChI is InChI=1S/C27H28N5O3PS2/c1-6-37-25-30-9-15-16-10-34-11-17(16)19(23(36)21(15)32-25)22-20-14(7-28)18(31-26(33)35-27(3,4)5)12-38-24(20)13(2)8-29-22/h8-9H,6,10-12,36H2,1-5H3,(H,31,33). The van der Waals surface area contributed by atoms with Gasteiger partial charge in [-0.05, 0) is 50.1 Å². The molecule has 0 saturated heterocycles. The number of thioether (sulfide) groups is 2. The number of aryl methyl sites for hydroxylation is 1. The third-order valence-corrected chi connectivity index (χ3v) is 8.72. The zero-order valence-corrected chi connectivity index (χ0v) is 24.7. The van der Waals surface area contributed by atoms with Gasteiger partial charge in [0.05, 0.1) is 30.0 Å². The van der Waals surface area contributed by atoms with Gasteiger partial charge in [-0.15, -0.1) is 21.0 Å². The van der Waals surface area contributed by atoms with E-state index in [1.165, 1.54) is 0 Å². The highest BCUT2D eigenvalue weighted by molar-refractivity contribution is 7.99. The van der Waals surface area contributed by atoms with Crippen molar-refractivity contribution in [1.29, 1.82) is 5.26 Å². The maximum atomic E-state index is 12.6. The third-order valence-electron chi connectivity index (χ3n) is 6.17. The van der Waals surface area contributed by atoms with E-state index in [0.717, 1.165) is 49.1 Å². The number of aromatic nitrogens is 3. The number of benzene rings is 1. The molecule has 1 unspecified atom stereocenters. The van der Waals surface area contributed by atoms with Crippen molar-refractivity contribution in [3.8, 4) is 17.3 Å². The van der Waals surface area contributed by atoms with E-state index >= 15 is 0 Å². The molecule has 196 valence electrons. The molecule has 1 N–H and O–H groups in total. The number of pyridine rings is 1. The Bertz CT molecular complexity index is 1560. The van der Waals surface area contributed by atoms with E-state index in [2.05, 4.69) is 32.5 Å². The summed E-state index contributed by atoms with van der Waals surface area (Å²) in [5.74, 6) is 1.31. The Balaban J connectivity index is 1.75. The normalized spacial score (nSPS) is 14.8. The van der Waals surface area contributed by atoms with Crippen molar-refractivity contribution in [2.45, 2.75) is 63.5 Å². The van der Waals surface area contributed by atoms with Gasteiger partial charge in [-0.1, -0.05) is 18.7 Å². The molecule has 0 fully saturated rings. The zero-order valence-electron chi connectivity index (χ0n) is 21.9. The van der Waals surface area contributed by atoms with Crippen molar-refractivity contribution in [3.05, 3.63) is 40.3 Å². The Morgan fingerprint density at radius 2 is 2.03 bits per heavy atom. The summed E-state index contributed by atoms with van der Waals surface area (Å²) in [5, 5.41) is 15.7. The van der Waals surface area contributed by atoms with Gasteiger partial charge in [0.25, 0.3) is 0 Å². The molecule has 1 aromatic carbocycles. The molecule has 0 saturated carbocycles. The number of alkyl carbamates (subject to hydrolysis) is 1. The fourth-order valence-corrected chi connectivity index (χ4v) is 6.85. The van der Waals surface area contributed by atoms with E-state index < -0.39 is 11.7 Å². The van der Waals surface area contributed by atoms with Gasteiger partial charge in [0.2, 0.25) is 0 Å². The largest absolute Gasteiger partial charge is 0.444 e. The smallest absolute Gasteiger partial charge is 0.411 e. The Morgan fingerprint density at radius 3 is 2.74 bits per heavy atom. The van der Waals surface area contributed by atoms with Crippen molar-refractivity contribution < 1.29 is 14.3 Å². The lowest BCUT2D eigenvalue weighted by Crippen LogP contribution is -2.33. The number of nitrogens with zero attached hydrogens (tertiary/aromatic N) is 4. The maximum absolute atomic E-state index is 12.6. The Hall–Kier alpha value is -2.70. The first-order chi connectivity index (χ1) is 18.1. The van der Waals surface area contributed by atoms with Crippen LogP contribution in [0.25, 0.3) is 27.7 Å². The Morgan fingerprint density at radius 1 is 1.26 bits per heavy atom. The highest BCUT2D eigenvalue weighted by Gasteiger charge is 2.32. The molecule has 8 nitrogen and oxygen atoms in total. The van der Waals surface area contributed by atoms with E-state index in [1.54, 1.807) is 44.3 Å². The summed E-state index contributed by atoms with van der Waals surface area (Å²) in [6, 6.07) is 2.35. The molecule has 0 radical (unpaired) electrons. The second-order valence-corrected chi connectivity index (χ2v) is 12.8. The van der Waals surface area contributed by atoms with Crippen LogP contribution in [-0.4, -0.2) is 38.2 Å². The molecule has 3 aromatic rings. The summed E-state index contributed by atoms with van der Waals surface area (Å²) >= 11 is 3.16. The van der Waals surface area contributed by atoms with Gasteiger partial charge in [-0.3, -0.25) is 10.3 Å². The van der Waals surface area contributed by atoms with Crippen molar-refractivity contribution in [2.75, 3.05) is 11.5 Å². The number of hydrogen-bond donors (Lipinski definition) is 1. The van der Waals surface area contributed by atoms with Gasteiger partial charge in [-0.25, -0.2) is 14.8 Å². The average Bonchev–Trinajstić information content (AvgIpc) is 3.34. The van der Waals surface area contributed by atoms with Gasteiger partial charge < -0.3 is 9.47 Å². The summed E-state index contributed by atoms with van der Waals surface area (Å²) in [7, 11) is 2.84. The molecule has 2 aromatic heterocycles. The number of fused-ring (bicyclic) bond motifs is 4. The van der Waals surface area contributed by atoms with Crippen LogP contribution in [0.1, 0.15) is 49.9 Å². The van der Waals surface area contributed by atoms with Gasteiger partial charge in [0, 0.05) is 50.6 Å². The van der Waals surface area contributed by atoms with Crippen molar-refractivity contribution in [1.82, 2.24) is 20.3 Å².